The number of nitrogens with zero attached hydrogens (tertiary/aromatic N) is 1. The van der Waals surface area contributed by atoms with Crippen LogP contribution in [0.1, 0.15) is 29.3 Å². The third-order valence-electron chi connectivity index (χ3n) is 4.70. The third-order valence-corrected chi connectivity index (χ3v) is 4.99. The molecule has 0 fully saturated rings. The van der Waals surface area contributed by atoms with Gasteiger partial charge in [0.2, 0.25) is 0 Å². The zero-order valence-corrected chi connectivity index (χ0v) is 18.3. The van der Waals surface area contributed by atoms with Crippen LogP contribution in [0.2, 0.25) is 5.02 Å². The number of carbonyl (C=O) groups excluding carboxylic acids is 1. The first-order valence-corrected chi connectivity index (χ1v) is 10.7. The van der Waals surface area contributed by atoms with Gasteiger partial charge in [0.05, 0.1) is 22.1 Å². The molecule has 4 N–H and O–H groups in total. The largest absolute Gasteiger partial charge is 0.397 e. The lowest BCUT2D eigenvalue weighted by Gasteiger charge is -2.10. The van der Waals surface area contributed by atoms with Crippen LogP contribution in [-0.2, 0) is 11.3 Å². The molecule has 2 aromatic carbocycles. The van der Waals surface area contributed by atoms with E-state index in [4.69, 9.17) is 22.1 Å². The van der Waals surface area contributed by atoms with E-state index in [-0.39, 0.29) is 5.91 Å². The minimum Gasteiger partial charge on any atom is -0.397 e. The lowest BCUT2D eigenvalue weighted by atomic mass is 10.1. The summed E-state index contributed by atoms with van der Waals surface area (Å²) in [5.74, 6) is -0.228. The number of para-hydroxylation sites is 2. The molecular weight excluding hydrogens is 412 g/mol. The SMILES string of the molecule is CCOCCCNCc1cnc(-c2ccc(C(=O)Nc3ccccc3N)cc2)c(Cl)c1. The average molecular weight is 439 g/mol. The van der Waals surface area contributed by atoms with Gasteiger partial charge >= 0.3 is 0 Å². The van der Waals surface area contributed by atoms with E-state index in [2.05, 4.69) is 15.6 Å². The summed E-state index contributed by atoms with van der Waals surface area (Å²) in [4.78, 5) is 17.0. The minimum absolute atomic E-state index is 0.228. The number of ether oxygens (including phenoxy) is 1. The van der Waals surface area contributed by atoms with Gasteiger partial charge < -0.3 is 21.1 Å². The Morgan fingerprint density at radius 1 is 1.16 bits per heavy atom. The zero-order valence-electron chi connectivity index (χ0n) is 17.5. The summed E-state index contributed by atoms with van der Waals surface area (Å²) in [5.41, 5.74) is 10.1. The highest BCUT2D eigenvalue weighted by molar-refractivity contribution is 6.33. The highest BCUT2D eigenvalue weighted by Gasteiger charge is 2.11. The molecule has 31 heavy (non-hydrogen) atoms. The Morgan fingerprint density at radius 2 is 1.94 bits per heavy atom. The van der Waals surface area contributed by atoms with Gasteiger partial charge in [-0.1, -0.05) is 35.9 Å². The summed E-state index contributed by atoms with van der Waals surface area (Å²) in [6, 6.07) is 16.2. The van der Waals surface area contributed by atoms with Crippen molar-refractivity contribution in [2.45, 2.75) is 19.9 Å². The number of pyridine rings is 1. The molecule has 6 nitrogen and oxygen atoms in total. The Morgan fingerprint density at radius 3 is 2.65 bits per heavy atom. The van der Waals surface area contributed by atoms with Crippen molar-refractivity contribution in [3.05, 3.63) is 76.9 Å². The summed E-state index contributed by atoms with van der Waals surface area (Å²) in [6.07, 6.45) is 2.78. The Hall–Kier alpha value is -2.93. The molecule has 0 aliphatic carbocycles. The molecule has 0 spiro atoms. The molecule has 0 saturated heterocycles. The van der Waals surface area contributed by atoms with Crippen molar-refractivity contribution in [3.8, 4) is 11.3 Å². The Kier molecular flexibility index (Phi) is 8.41. The summed E-state index contributed by atoms with van der Waals surface area (Å²) >= 11 is 6.47. The van der Waals surface area contributed by atoms with E-state index in [0.29, 0.717) is 34.2 Å². The first-order chi connectivity index (χ1) is 15.1. The van der Waals surface area contributed by atoms with E-state index in [0.717, 1.165) is 37.3 Å². The predicted molar refractivity (Wildman–Crippen MR) is 126 cm³/mol. The molecule has 1 heterocycles. The highest BCUT2D eigenvalue weighted by atomic mass is 35.5. The molecule has 0 saturated carbocycles. The van der Waals surface area contributed by atoms with Crippen molar-refractivity contribution in [1.82, 2.24) is 10.3 Å². The topological polar surface area (TPSA) is 89.3 Å². The van der Waals surface area contributed by atoms with Crippen molar-refractivity contribution >= 4 is 28.9 Å². The van der Waals surface area contributed by atoms with Crippen molar-refractivity contribution in [2.24, 2.45) is 0 Å². The van der Waals surface area contributed by atoms with Crippen LogP contribution in [0.5, 0.6) is 0 Å². The van der Waals surface area contributed by atoms with Gasteiger partial charge in [0.1, 0.15) is 0 Å². The van der Waals surface area contributed by atoms with Crippen LogP contribution in [0, 0.1) is 0 Å². The number of benzene rings is 2. The number of halogens is 1. The fourth-order valence-electron chi connectivity index (χ4n) is 3.05. The van der Waals surface area contributed by atoms with Crippen LogP contribution in [-0.4, -0.2) is 30.6 Å². The molecular formula is C24H27ClN4O2. The molecule has 0 unspecified atom stereocenters. The number of hydrogen-bond acceptors (Lipinski definition) is 5. The first kappa shape index (κ1) is 22.7. The number of rotatable bonds is 10. The Balaban J connectivity index is 1.60. The van der Waals surface area contributed by atoms with Crippen molar-refractivity contribution in [1.29, 1.82) is 0 Å². The third kappa shape index (κ3) is 6.52. The maximum Gasteiger partial charge on any atom is 0.255 e. The first-order valence-electron chi connectivity index (χ1n) is 10.3. The van der Waals surface area contributed by atoms with Crippen LogP contribution >= 0.6 is 11.6 Å². The summed E-state index contributed by atoms with van der Waals surface area (Å²) < 4.78 is 5.32. The monoisotopic (exact) mass is 438 g/mol. The van der Waals surface area contributed by atoms with Gasteiger partial charge in [-0.05, 0) is 55.8 Å². The van der Waals surface area contributed by atoms with Gasteiger partial charge in [-0.3, -0.25) is 9.78 Å². The van der Waals surface area contributed by atoms with E-state index in [1.54, 1.807) is 24.3 Å². The number of amides is 1. The van der Waals surface area contributed by atoms with Crippen LogP contribution in [0.4, 0.5) is 11.4 Å². The summed E-state index contributed by atoms with van der Waals surface area (Å²) in [6.45, 7) is 5.06. The molecule has 3 aromatic rings. The van der Waals surface area contributed by atoms with Crippen LogP contribution in [0.3, 0.4) is 0 Å². The molecule has 0 bridgehead atoms. The van der Waals surface area contributed by atoms with Gasteiger partial charge in [-0.2, -0.15) is 0 Å². The number of anilines is 2. The number of carbonyl (C=O) groups is 1. The fourth-order valence-corrected chi connectivity index (χ4v) is 3.35. The van der Waals surface area contributed by atoms with E-state index >= 15 is 0 Å². The normalized spacial score (nSPS) is 10.8. The van der Waals surface area contributed by atoms with E-state index < -0.39 is 0 Å². The molecule has 1 amide bonds. The molecule has 0 radical (unpaired) electrons. The molecule has 0 aliphatic heterocycles. The van der Waals surface area contributed by atoms with Crippen molar-refractivity contribution < 1.29 is 9.53 Å². The minimum atomic E-state index is -0.228. The van der Waals surface area contributed by atoms with E-state index in [1.807, 2.05) is 43.5 Å². The predicted octanol–water partition coefficient (Wildman–Crippen LogP) is 4.75. The van der Waals surface area contributed by atoms with Crippen molar-refractivity contribution in [2.75, 3.05) is 30.8 Å². The molecule has 0 aliphatic rings. The smallest absolute Gasteiger partial charge is 0.255 e. The lowest BCUT2D eigenvalue weighted by molar-refractivity contribution is 0.102. The zero-order chi connectivity index (χ0) is 22.1. The lowest BCUT2D eigenvalue weighted by Crippen LogP contribution is -2.16. The van der Waals surface area contributed by atoms with Gasteiger partial charge in [0.15, 0.2) is 0 Å². The second kappa shape index (κ2) is 11.5. The fraction of sp³-hybridized carbons (Fsp3) is 0.250. The number of nitrogens with one attached hydrogen (secondary N) is 2. The van der Waals surface area contributed by atoms with E-state index in [9.17, 15) is 4.79 Å². The number of nitrogen functional groups attached to an aromatic ring is 1. The van der Waals surface area contributed by atoms with Gasteiger partial charge in [0.25, 0.3) is 5.91 Å². The average Bonchev–Trinajstić information content (AvgIpc) is 2.78. The van der Waals surface area contributed by atoms with Crippen LogP contribution in [0.15, 0.2) is 60.8 Å². The van der Waals surface area contributed by atoms with Gasteiger partial charge in [-0.15, -0.1) is 0 Å². The molecule has 162 valence electrons. The van der Waals surface area contributed by atoms with Crippen LogP contribution in [0.25, 0.3) is 11.3 Å². The molecule has 0 atom stereocenters. The van der Waals surface area contributed by atoms with Crippen molar-refractivity contribution in [3.63, 3.8) is 0 Å². The Labute approximate surface area is 187 Å². The second-order valence-electron chi connectivity index (χ2n) is 7.02. The quantitative estimate of drug-likeness (QED) is 0.314. The number of nitrogens with two attached hydrogens (primary N) is 1. The maximum absolute atomic E-state index is 12.5. The number of hydrogen-bond donors (Lipinski definition) is 3. The summed E-state index contributed by atoms with van der Waals surface area (Å²) in [7, 11) is 0. The van der Waals surface area contributed by atoms with E-state index in [1.165, 1.54) is 0 Å². The summed E-state index contributed by atoms with van der Waals surface area (Å²) in [5, 5.41) is 6.75. The van der Waals surface area contributed by atoms with Crippen LogP contribution < -0.4 is 16.4 Å². The molecule has 7 heteroatoms. The maximum atomic E-state index is 12.5. The molecule has 1 aromatic heterocycles. The van der Waals surface area contributed by atoms with Gasteiger partial charge in [0, 0.05) is 37.1 Å². The highest BCUT2D eigenvalue weighted by Crippen LogP contribution is 2.27. The Bertz CT molecular complexity index is 1010. The second-order valence-corrected chi connectivity index (χ2v) is 7.43. The van der Waals surface area contributed by atoms with Gasteiger partial charge in [-0.25, -0.2) is 0 Å². The standard InChI is InChI=1S/C24H27ClN4O2/c1-2-31-13-5-12-27-15-17-14-20(25)23(28-16-17)18-8-10-19(11-9-18)24(30)29-22-7-4-3-6-21(22)26/h3-4,6-11,14,16,27H,2,5,12-13,15,26H2,1H3,(H,29,30). The number of aromatic nitrogens is 1. The molecule has 3 rings (SSSR count).